The van der Waals surface area contributed by atoms with Crippen molar-refractivity contribution < 1.29 is 23.8 Å². The average molecular weight is 394 g/mol. The molecular formula is C22H35NO5. The maximum absolute atomic E-state index is 12.9. The SMILES string of the molecule is CCOC(=O)c1cc(NC(=O)[C@](C)(CC(C)C)OCC)ccc1O[C@H](C)CC. The van der Waals surface area contributed by atoms with E-state index in [2.05, 4.69) is 5.32 Å². The monoisotopic (exact) mass is 393 g/mol. The van der Waals surface area contributed by atoms with Gasteiger partial charge >= 0.3 is 5.97 Å². The van der Waals surface area contributed by atoms with Crippen molar-refractivity contribution in [2.24, 2.45) is 5.92 Å². The van der Waals surface area contributed by atoms with E-state index in [9.17, 15) is 9.59 Å². The van der Waals surface area contributed by atoms with Crippen LogP contribution in [0.1, 0.15) is 71.7 Å². The number of carbonyl (C=O) groups is 2. The summed E-state index contributed by atoms with van der Waals surface area (Å²) in [6, 6.07) is 5.00. The van der Waals surface area contributed by atoms with Crippen molar-refractivity contribution in [3.05, 3.63) is 23.8 Å². The van der Waals surface area contributed by atoms with Crippen LogP contribution in [0.25, 0.3) is 0 Å². The van der Waals surface area contributed by atoms with E-state index in [1.54, 1.807) is 32.0 Å². The molecule has 1 aromatic rings. The van der Waals surface area contributed by atoms with Crippen molar-refractivity contribution in [1.29, 1.82) is 0 Å². The van der Waals surface area contributed by atoms with Crippen molar-refractivity contribution in [2.75, 3.05) is 18.5 Å². The molecule has 0 unspecified atom stereocenters. The third kappa shape index (κ3) is 6.82. The highest BCUT2D eigenvalue weighted by Crippen LogP contribution is 2.28. The molecule has 0 aliphatic heterocycles. The molecular weight excluding hydrogens is 358 g/mol. The van der Waals surface area contributed by atoms with E-state index in [0.29, 0.717) is 35.9 Å². The second-order valence-corrected chi connectivity index (χ2v) is 7.48. The predicted molar refractivity (Wildman–Crippen MR) is 111 cm³/mol. The fourth-order valence-corrected chi connectivity index (χ4v) is 2.96. The summed E-state index contributed by atoms with van der Waals surface area (Å²) in [4.78, 5) is 25.3. The third-order valence-electron chi connectivity index (χ3n) is 4.38. The van der Waals surface area contributed by atoms with Crippen LogP contribution >= 0.6 is 0 Å². The highest BCUT2D eigenvalue weighted by molar-refractivity contribution is 5.99. The number of ether oxygens (including phenoxy) is 3. The molecule has 2 atom stereocenters. The highest BCUT2D eigenvalue weighted by atomic mass is 16.5. The van der Waals surface area contributed by atoms with E-state index in [1.165, 1.54) is 0 Å². The van der Waals surface area contributed by atoms with Gasteiger partial charge in [-0.25, -0.2) is 4.79 Å². The number of amides is 1. The average Bonchev–Trinajstić information content (AvgIpc) is 2.62. The number of hydrogen-bond acceptors (Lipinski definition) is 5. The van der Waals surface area contributed by atoms with Crippen molar-refractivity contribution in [3.63, 3.8) is 0 Å². The van der Waals surface area contributed by atoms with E-state index >= 15 is 0 Å². The van der Waals surface area contributed by atoms with Crippen molar-refractivity contribution in [2.45, 2.75) is 73.0 Å². The number of anilines is 1. The summed E-state index contributed by atoms with van der Waals surface area (Å²) >= 11 is 0. The lowest BCUT2D eigenvalue weighted by molar-refractivity contribution is -0.140. The Bertz CT molecular complexity index is 658. The normalized spacial score (nSPS) is 14.3. The van der Waals surface area contributed by atoms with Gasteiger partial charge in [0.25, 0.3) is 5.91 Å². The van der Waals surface area contributed by atoms with Gasteiger partial charge in [-0.2, -0.15) is 0 Å². The Morgan fingerprint density at radius 1 is 1.11 bits per heavy atom. The fourth-order valence-electron chi connectivity index (χ4n) is 2.96. The Balaban J connectivity index is 3.14. The van der Waals surface area contributed by atoms with E-state index in [1.807, 2.05) is 34.6 Å². The smallest absolute Gasteiger partial charge is 0.341 e. The van der Waals surface area contributed by atoms with Gasteiger partial charge in [-0.05, 0) is 64.7 Å². The summed E-state index contributed by atoms with van der Waals surface area (Å²) in [5.41, 5.74) is -0.153. The molecule has 1 aromatic carbocycles. The predicted octanol–water partition coefficient (Wildman–Crippen LogP) is 4.82. The molecule has 28 heavy (non-hydrogen) atoms. The van der Waals surface area contributed by atoms with Gasteiger partial charge in [0.2, 0.25) is 0 Å². The van der Waals surface area contributed by atoms with Crippen LogP contribution in [0.15, 0.2) is 18.2 Å². The van der Waals surface area contributed by atoms with Gasteiger partial charge in [0, 0.05) is 12.3 Å². The second kappa shape index (κ2) is 11.1. The molecule has 0 saturated carbocycles. The maximum atomic E-state index is 12.9. The Labute approximate surface area is 168 Å². The van der Waals surface area contributed by atoms with Crippen LogP contribution in [0.4, 0.5) is 5.69 Å². The molecule has 6 heteroatoms. The topological polar surface area (TPSA) is 73.9 Å². The minimum atomic E-state index is -0.946. The summed E-state index contributed by atoms with van der Waals surface area (Å²) in [6.07, 6.45) is 1.36. The molecule has 1 amide bonds. The molecule has 0 heterocycles. The van der Waals surface area contributed by atoms with E-state index in [4.69, 9.17) is 14.2 Å². The summed E-state index contributed by atoms with van der Waals surface area (Å²) < 4.78 is 16.7. The number of esters is 1. The molecule has 0 radical (unpaired) electrons. The molecule has 0 aliphatic rings. The van der Waals surface area contributed by atoms with Crippen LogP contribution in [0, 0.1) is 5.92 Å². The van der Waals surface area contributed by atoms with Crippen LogP contribution in [-0.2, 0) is 14.3 Å². The van der Waals surface area contributed by atoms with Gasteiger partial charge in [0.1, 0.15) is 16.9 Å². The Morgan fingerprint density at radius 3 is 2.32 bits per heavy atom. The van der Waals surface area contributed by atoms with Crippen LogP contribution in [0.3, 0.4) is 0 Å². The quantitative estimate of drug-likeness (QED) is 0.546. The fraction of sp³-hybridized carbons (Fsp3) is 0.636. The number of benzene rings is 1. The van der Waals surface area contributed by atoms with E-state index < -0.39 is 11.6 Å². The lowest BCUT2D eigenvalue weighted by atomic mass is 9.93. The van der Waals surface area contributed by atoms with Gasteiger partial charge < -0.3 is 19.5 Å². The van der Waals surface area contributed by atoms with Crippen LogP contribution in [-0.4, -0.2) is 36.8 Å². The molecule has 1 N–H and O–H groups in total. The standard InChI is InChI=1S/C22H35NO5/c1-8-16(6)28-19-12-11-17(13-18(19)20(24)26-9-2)23-21(25)22(7,27-10-3)14-15(4)5/h11-13,15-16H,8-10,14H2,1-7H3,(H,23,25)/t16-,22+/m1/s1. The molecule has 0 fully saturated rings. The lowest BCUT2D eigenvalue weighted by Crippen LogP contribution is -2.44. The largest absolute Gasteiger partial charge is 0.490 e. The van der Waals surface area contributed by atoms with Crippen molar-refractivity contribution >= 4 is 17.6 Å². The minimum Gasteiger partial charge on any atom is -0.490 e. The molecule has 0 bridgehead atoms. The maximum Gasteiger partial charge on any atom is 0.341 e. The van der Waals surface area contributed by atoms with Crippen LogP contribution < -0.4 is 10.1 Å². The van der Waals surface area contributed by atoms with Gasteiger partial charge in [-0.15, -0.1) is 0 Å². The van der Waals surface area contributed by atoms with E-state index in [-0.39, 0.29) is 18.6 Å². The highest BCUT2D eigenvalue weighted by Gasteiger charge is 2.35. The number of rotatable bonds is 11. The first-order chi connectivity index (χ1) is 13.2. The lowest BCUT2D eigenvalue weighted by Gasteiger charge is -2.30. The molecule has 0 aliphatic carbocycles. The Hall–Kier alpha value is -2.08. The second-order valence-electron chi connectivity index (χ2n) is 7.48. The van der Waals surface area contributed by atoms with Crippen LogP contribution in [0.5, 0.6) is 5.75 Å². The summed E-state index contributed by atoms with van der Waals surface area (Å²) in [6.45, 7) is 14.1. The number of nitrogens with one attached hydrogen (secondary N) is 1. The molecule has 1 rings (SSSR count). The summed E-state index contributed by atoms with van der Waals surface area (Å²) in [5.74, 6) is 0.0179. The van der Waals surface area contributed by atoms with Gasteiger partial charge in [-0.3, -0.25) is 4.79 Å². The molecule has 0 aromatic heterocycles. The first-order valence-corrected chi connectivity index (χ1v) is 10.1. The van der Waals surface area contributed by atoms with E-state index in [0.717, 1.165) is 6.42 Å². The number of carbonyl (C=O) groups excluding carboxylic acids is 2. The Morgan fingerprint density at radius 2 is 1.79 bits per heavy atom. The summed E-state index contributed by atoms with van der Waals surface area (Å²) in [7, 11) is 0. The van der Waals surface area contributed by atoms with Gasteiger partial charge in [0.15, 0.2) is 0 Å². The zero-order valence-corrected chi connectivity index (χ0v) is 18.3. The first-order valence-electron chi connectivity index (χ1n) is 10.1. The van der Waals surface area contributed by atoms with Crippen LogP contribution in [0.2, 0.25) is 0 Å². The molecule has 6 nitrogen and oxygen atoms in total. The Kier molecular flexibility index (Phi) is 9.46. The van der Waals surface area contributed by atoms with Gasteiger partial charge in [-0.1, -0.05) is 20.8 Å². The van der Waals surface area contributed by atoms with Gasteiger partial charge in [0.05, 0.1) is 12.7 Å². The molecule has 158 valence electrons. The van der Waals surface area contributed by atoms with Crippen molar-refractivity contribution in [1.82, 2.24) is 0 Å². The number of hydrogen-bond donors (Lipinski definition) is 1. The third-order valence-corrected chi connectivity index (χ3v) is 4.38. The summed E-state index contributed by atoms with van der Waals surface area (Å²) in [5, 5.41) is 2.88. The molecule has 0 saturated heterocycles. The minimum absolute atomic E-state index is 0.0408. The zero-order chi connectivity index (χ0) is 21.3. The zero-order valence-electron chi connectivity index (χ0n) is 18.3. The van der Waals surface area contributed by atoms with Crippen molar-refractivity contribution in [3.8, 4) is 5.75 Å². The first kappa shape index (κ1) is 24.0. The molecule has 0 spiro atoms.